The van der Waals surface area contributed by atoms with Crippen molar-refractivity contribution in [2.45, 2.75) is 18.9 Å². The Kier molecular flexibility index (Phi) is 7.45. The van der Waals surface area contributed by atoms with Crippen molar-refractivity contribution in [1.29, 1.82) is 0 Å². The molecule has 0 bridgehead atoms. The van der Waals surface area contributed by atoms with Crippen LogP contribution >= 0.6 is 12.4 Å². The molecule has 3 rings (SSSR count). The van der Waals surface area contributed by atoms with Crippen LogP contribution in [0.4, 0.5) is 8.78 Å². The first-order valence-electron chi connectivity index (χ1n) is 8.59. The maximum absolute atomic E-state index is 13.5. The predicted octanol–water partition coefficient (Wildman–Crippen LogP) is 3.52. The van der Waals surface area contributed by atoms with Crippen LogP contribution in [-0.4, -0.2) is 36.2 Å². The molecular formula is C20H21ClF2N2O2. The average Bonchev–Trinajstić information content (AvgIpc) is 2.66. The standard InChI is InChI=1S/C20H20F2N2O2.ClH/c21-16-6-4-14(5-7-16)19(25)8-9-20(26)24-11-10-23-13-18(24)15-2-1-3-17(22)12-15;/h1-7,12,18,23H,8-11,13H2;1H. The molecule has 144 valence electrons. The topological polar surface area (TPSA) is 49.4 Å². The number of nitrogens with zero attached hydrogens (tertiary/aromatic N) is 1. The summed E-state index contributed by atoms with van der Waals surface area (Å²) >= 11 is 0. The predicted molar refractivity (Wildman–Crippen MR) is 101 cm³/mol. The zero-order valence-electron chi connectivity index (χ0n) is 14.7. The third kappa shape index (κ3) is 5.34. The summed E-state index contributed by atoms with van der Waals surface area (Å²) in [6, 6.07) is 11.3. The summed E-state index contributed by atoms with van der Waals surface area (Å²) in [4.78, 5) is 26.5. The van der Waals surface area contributed by atoms with Gasteiger partial charge in [0.05, 0.1) is 6.04 Å². The molecule has 4 nitrogen and oxygen atoms in total. The van der Waals surface area contributed by atoms with Crippen LogP contribution in [0.5, 0.6) is 0 Å². The number of carbonyl (C=O) groups excluding carboxylic acids is 2. The van der Waals surface area contributed by atoms with Gasteiger partial charge in [0.2, 0.25) is 5.91 Å². The second kappa shape index (κ2) is 9.58. The minimum atomic E-state index is -0.406. The Morgan fingerprint density at radius 2 is 1.78 bits per heavy atom. The van der Waals surface area contributed by atoms with E-state index in [4.69, 9.17) is 0 Å². The number of halogens is 3. The first-order valence-corrected chi connectivity index (χ1v) is 8.59. The molecule has 1 aliphatic rings. The molecule has 0 spiro atoms. The number of hydrogen-bond acceptors (Lipinski definition) is 3. The van der Waals surface area contributed by atoms with Gasteiger partial charge >= 0.3 is 0 Å². The molecule has 27 heavy (non-hydrogen) atoms. The molecular weight excluding hydrogens is 374 g/mol. The van der Waals surface area contributed by atoms with Crippen molar-refractivity contribution < 1.29 is 18.4 Å². The Hall–Kier alpha value is -2.31. The van der Waals surface area contributed by atoms with Gasteiger partial charge in [-0.05, 0) is 42.0 Å². The molecule has 1 atom stereocenters. The molecule has 2 aromatic rings. The lowest BCUT2D eigenvalue weighted by molar-refractivity contribution is -0.134. The van der Waals surface area contributed by atoms with E-state index >= 15 is 0 Å². The first-order chi connectivity index (χ1) is 12.5. The van der Waals surface area contributed by atoms with E-state index in [9.17, 15) is 18.4 Å². The van der Waals surface area contributed by atoms with Crippen LogP contribution in [0.2, 0.25) is 0 Å². The Morgan fingerprint density at radius 1 is 1.04 bits per heavy atom. The van der Waals surface area contributed by atoms with Gasteiger partial charge in [0.1, 0.15) is 11.6 Å². The summed E-state index contributed by atoms with van der Waals surface area (Å²) in [5.41, 5.74) is 1.12. The van der Waals surface area contributed by atoms with E-state index < -0.39 is 5.82 Å². The second-order valence-electron chi connectivity index (χ2n) is 6.29. The second-order valence-corrected chi connectivity index (χ2v) is 6.29. The van der Waals surface area contributed by atoms with Gasteiger partial charge in [0, 0.05) is 38.0 Å². The molecule has 1 N–H and O–H groups in total. The fourth-order valence-corrected chi connectivity index (χ4v) is 3.16. The molecule has 2 aromatic carbocycles. The highest BCUT2D eigenvalue weighted by Crippen LogP contribution is 2.24. The lowest BCUT2D eigenvalue weighted by atomic mass is 10.0. The van der Waals surface area contributed by atoms with Crippen LogP contribution in [0.3, 0.4) is 0 Å². The van der Waals surface area contributed by atoms with Gasteiger partial charge < -0.3 is 10.2 Å². The molecule has 1 aliphatic heterocycles. The maximum Gasteiger partial charge on any atom is 0.223 e. The largest absolute Gasteiger partial charge is 0.333 e. The summed E-state index contributed by atoms with van der Waals surface area (Å²) in [6.07, 6.45) is 0.131. The van der Waals surface area contributed by atoms with Crippen LogP contribution in [-0.2, 0) is 4.79 Å². The zero-order valence-corrected chi connectivity index (χ0v) is 15.5. The van der Waals surface area contributed by atoms with Crippen molar-refractivity contribution in [3.8, 4) is 0 Å². The number of rotatable bonds is 5. The van der Waals surface area contributed by atoms with Crippen LogP contribution in [0, 0.1) is 11.6 Å². The molecule has 1 heterocycles. The fourth-order valence-electron chi connectivity index (χ4n) is 3.16. The van der Waals surface area contributed by atoms with Crippen molar-refractivity contribution in [3.05, 3.63) is 71.3 Å². The third-order valence-corrected chi connectivity index (χ3v) is 4.53. The number of Topliss-reactive ketones (excluding diaryl/α,β-unsaturated/α-hetero) is 1. The van der Waals surface area contributed by atoms with Crippen molar-refractivity contribution in [2.24, 2.45) is 0 Å². The Labute approximate surface area is 163 Å². The number of carbonyl (C=O) groups is 2. The van der Waals surface area contributed by atoms with Gasteiger partial charge in [-0.15, -0.1) is 12.4 Å². The van der Waals surface area contributed by atoms with E-state index in [1.165, 1.54) is 36.4 Å². The maximum atomic E-state index is 13.5. The molecule has 1 fully saturated rings. The van der Waals surface area contributed by atoms with E-state index in [-0.39, 0.29) is 48.8 Å². The van der Waals surface area contributed by atoms with Crippen LogP contribution in [0.1, 0.15) is 34.8 Å². The van der Waals surface area contributed by atoms with Gasteiger partial charge in [-0.2, -0.15) is 0 Å². The van der Waals surface area contributed by atoms with E-state index in [1.807, 2.05) is 0 Å². The summed E-state index contributed by atoms with van der Waals surface area (Å²) in [5, 5.41) is 3.21. The highest BCUT2D eigenvalue weighted by atomic mass is 35.5. The SMILES string of the molecule is Cl.O=C(CCC(=O)N1CCNCC1c1cccc(F)c1)c1ccc(F)cc1. The fraction of sp³-hybridized carbons (Fsp3) is 0.300. The summed E-state index contributed by atoms with van der Waals surface area (Å²) in [6.45, 7) is 1.70. The molecule has 1 unspecified atom stereocenters. The normalized spacial score (nSPS) is 16.5. The summed E-state index contributed by atoms with van der Waals surface area (Å²) in [5.74, 6) is -1.09. The minimum Gasteiger partial charge on any atom is -0.333 e. The monoisotopic (exact) mass is 394 g/mol. The number of nitrogens with one attached hydrogen (secondary N) is 1. The lowest BCUT2D eigenvalue weighted by Crippen LogP contribution is -2.48. The number of ketones is 1. The van der Waals surface area contributed by atoms with E-state index in [0.717, 1.165) is 5.56 Å². The molecule has 1 amide bonds. The van der Waals surface area contributed by atoms with Crippen molar-refractivity contribution in [3.63, 3.8) is 0 Å². The van der Waals surface area contributed by atoms with Gasteiger partial charge in [0.15, 0.2) is 5.78 Å². The van der Waals surface area contributed by atoms with Crippen molar-refractivity contribution in [1.82, 2.24) is 10.2 Å². The highest BCUT2D eigenvalue weighted by molar-refractivity contribution is 5.97. The van der Waals surface area contributed by atoms with Gasteiger partial charge in [0.25, 0.3) is 0 Å². The Morgan fingerprint density at radius 3 is 2.48 bits per heavy atom. The number of amides is 1. The number of piperazine rings is 1. The van der Waals surface area contributed by atoms with E-state index in [2.05, 4.69) is 5.32 Å². The smallest absolute Gasteiger partial charge is 0.223 e. The van der Waals surface area contributed by atoms with Gasteiger partial charge in [-0.25, -0.2) is 8.78 Å². The quantitative estimate of drug-likeness (QED) is 0.789. The van der Waals surface area contributed by atoms with Crippen LogP contribution in [0.15, 0.2) is 48.5 Å². The van der Waals surface area contributed by atoms with E-state index in [1.54, 1.807) is 17.0 Å². The van der Waals surface area contributed by atoms with Crippen molar-refractivity contribution >= 4 is 24.1 Å². The van der Waals surface area contributed by atoms with Crippen LogP contribution in [0.25, 0.3) is 0 Å². The van der Waals surface area contributed by atoms with Crippen LogP contribution < -0.4 is 5.32 Å². The average molecular weight is 395 g/mol. The Bertz CT molecular complexity index is 799. The highest BCUT2D eigenvalue weighted by Gasteiger charge is 2.28. The zero-order chi connectivity index (χ0) is 18.5. The number of benzene rings is 2. The summed E-state index contributed by atoms with van der Waals surface area (Å²) < 4.78 is 26.5. The lowest BCUT2D eigenvalue weighted by Gasteiger charge is -2.36. The molecule has 0 saturated carbocycles. The minimum absolute atomic E-state index is 0. The molecule has 7 heteroatoms. The van der Waals surface area contributed by atoms with Gasteiger partial charge in [-0.3, -0.25) is 9.59 Å². The molecule has 1 saturated heterocycles. The summed E-state index contributed by atoms with van der Waals surface area (Å²) in [7, 11) is 0. The third-order valence-electron chi connectivity index (χ3n) is 4.53. The molecule has 0 radical (unpaired) electrons. The Balaban J connectivity index is 0.00000261. The molecule has 0 aliphatic carbocycles. The van der Waals surface area contributed by atoms with E-state index in [0.29, 0.717) is 25.2 Å². The van der Waals surface area contributed by atoms with Crippen molar-refractivity contribution in [2.75, 3.05) is 19.6 Å². The van der Waals surface area contributed by atoms with Gasteiger partial charge in [-0.1, -0.05) is 12.1 Å². The number of hydrogen-bond donors (Lipinski definition) is 1. The first kappa shape index (κ1) is 21.0. The molecule has 0 aromatic heterocycles.